The van der Waals surface area contributed by atoms with Gasteiger partial charge in [0.15, 0.2) is 5.82 Å². The van der Waals surface area contributed by atoms with E-state index in [2.05, 4.69) is 121 Å². The Morgan fingerprint density at radius 1 is 0.490 bits per heavy atom. The van der Waals surface area contributed by atoms with Crippen LogP contribution < -0.4 is 5.69 Å². The molecule has 0 saturated carbocycles. The molecular weight excluding hydrogens is 621 g/mol. The number of benzene rings is 6. The van der Waals surface area contributed by atoms with Crippen LogP contribution in [0.25, 0.3) is 87.4 Å². The van der Waals surface area contributed by atoms with E-state index >= 15 is 0 Å². The third-order valence-electron chi connectivity index (χ3n) is 9.42. The zero-order valence-corrected chi connectivity index (χ0v) is 27.8. The van der Waals surface area contributed by atoms with E-state index in [1.165, 1.54) is 25.7 Å². The van der Waals surface area contributed by atoms with Crippen molar-refractivity contribution in [2.75, 3.05) is 0 Å². The lowest BCUT2D eigenvalue weighted by Gasteiger charge is -2.14. The average Bonchev–Trinajstić information content (AvgIpc) is 3.65. The highest BCUT2D eigenvalue weighted by Gasteiger charge is 2.17. The van der Waals surface area contributed by atoms with E-state index in [0.717, 1.165) is 55.8 Å². The van der Waals surface area contributed by atoms with Crippen LogP contribution in [0.2, 0.25) is 0 Å². The quantitative estimate of drug-likeness (QED) is 0.186. The van der Waals surface area contributed by atoms with E-state index in [0.29, 0.717) is 5.82 Å². The van der Waals surface area contributed by atoms with Gasteiger partial charge in [-0.15, -0.1) is 11.3 Å². The molecule has 0 bridgehead atoms. The molecule has 6 heteroatoms. The molecule has 6 aromatic carbocycles. The number of aryl methyl sites for hydroxylation is 2. The number of hydrogen-bond acceptors (Lipinski definition) is 4. The monoisotopic (exact) mass is 650 g/mol. The fourth-order valence-corrected chi connectivity index (χ4v) is 8.12. The van der Waals surface area contributed by atoms with Crippen LogP contribution in [0.5, 0.6) is 0 Å². The predicted octanol–water partition coefficient (Wildman–Crippen LogP) is 10.4. The molecule has 0 aliphatic heterocycles. The molecule has 0 unspecified atom stereocenters. The summed E-state index contributed by atoms with van der Waals surface area (Å²) in [7, 11) is 3.63. The summed E-state index contributed by atoms with van der Waals surface area (Å²) in [6, 6.07) is 50.7. The van der Waals surface area contributed by atoms with E-state index in [1.807, 2.05) is 49.7 Å². The summed E-state index contributed by atoms with van der Waals surface area (Å²) < 4.78 is 5.94. The average molecular weight is 651 g/mol. The summed E-state index contributed by atoms with van der Waals surface area (Å²) in [6.45, 7) is 0. The fraction of sp³-hybridized carbons (Fsp3) is 0.0465. The zero-order chi connectivity index (χ0) is 33.1. The number of rotatable bonds is 5. The first kappa shape index (κ1) is 29.1. The maximum absolute atomic E-state index is 12.6. The molecule has 0 radical (unpaired) electrons. The smallest absolute Gasteiger partial charge is 0.295 e. The second kappa shape index (κ2) is 11.5. The first-order chi connectivity index (χ1) is 24.0. The summed E-state index contributed by atoms with van der Waals surface area (Å²) in [4.78, 5) is 22.9. The van der Waals surface area contributed by atoms with Crippen LogP contribution in [0, 0.1) is 0 Å². The van der Waals surface area contributed by atoms with Gasteiger partial charge in [0.25, 0.3) is 0 Å². The van der Waals surface area contributed by atoms with Crippen molar-refractivity contribution in [3.05, 3.63) is 156 Å². The first-order valence-corrected chi connectivity index (χ1v) is 17.1. The molecule has 0 N–H and O–H groups in total. The maximum atomic E-state index is 12.6. The Bertz CT molecular complexity index is 2770. The Morgan fingerprint density at radius 3 is 2.00 bits per heavy atom. The lowest BCUT2D eigenvalue weighted by atomic mass is 9.95. The molecule has 0 atom stereocenters. The number of thiophene rings is 1. The highest BCUT2D eigenvalue weighted by Crippen LogP contribution is 2.43. The standard InChI is InChI=1S/C43H30N4OS/c1-46-38-23-22-29(25-39(38)47(2)43(46)48)28-14-10-15-30(24-28)36-26-37(45-42(44-36)27-12-4-3-5-13-27)32-17-7-6-16-31(32)34-19-11-20-35-33-18-8-9-21-40(33)49-41(34)35/h3-26H,1-2H3. The van der Waals surface area contributed by atoms with Gasteiger partial charge in [0.05, 0.1) is 22.4 Å². The lowest BCUT2D eigenvalue weighted by molar-refractivity contribution is 0.795. The molecule has 9 rings (SSSR count). The molecule has 9 aromatic rings. The summed E-state index contributed by atoms with van der Waals surface area (Å²) in [5, 5.41) is 2.55. The Kier molecular flexibility index (Phi) is 6.85. The number of imidazole rings is 1. The van der Waals surface area contributed by atoms with Gasteiger partial charge in [-0.05, 0) is 47.0 Å². The number of nitrogens with zero attached hydrogens (tertiary/aromatic N) is 4. The van der Waals surface area contributed by atoms with Crippen LogP contribution in [0.4, 0.5) is 0 Å². The van der Waals surface area contributed by atoms with Crippen molar-refractivity contribution in [3.63, 3.8) is 0 Å². The van der Waals surface area contributed by atoms with E-state index in [1.54, 1.807) is 9.13 Å². The van der Waals surface area contributed by atoms with Gasteiger partial charge in [0.2, 0.25) is 0 Å². The minimum absolute atomic E-state index is 0.0354. The summed E-state index contributed by atoms with van der Waals surface area (Å²) >= 11 is 1.84. The molecule has 0 aliphatic carbocycles. The molecule has 0 fully saturated rings. The van der Waals surface area contributed by atoms with Crippen molar-refractivity contribution in [2.24, 2.45) is 14.1 Å². The Morgan fingerprint density at radius 2 is 1.12 bits per heavy atom. The molecular formula is C43H30N4OS. The van der Waals surface area contributed by atoms with Gasteiger partial charge in [0.1, 0.15) is 0 Å². The fourth-order valence-electron chi connectivity index (χ4n) is 6.89. The SMILES string of the molecule is Cn1c(=O)n(C)c2cc(-c3cccc(-c4cc(-c5ccccc5-c5cccc6c5sc5ccccc56)nc(-c5ccccc5)n4)c3)ccc21. The summed E-state index contributed by atoms with van der Waals surface area (Å²) in [6.07, 6.45) is 0. The van der Waals surface area contributed by atoms with E-state index in [-0.39, 0.29) is 5.69 Å². The molecule has 5 nitrogen and oxygen atoms in total. The second-order valence-corrected chi connectivity index (χ2v) is 13.4. The Balaban J connectivity index is 1.22. The minimum atomic E-state index is -0.0354. The van der Waals surface area contributed by atoms with Crippen LogP contribution in [-0.4, -0.2) is 19.1 Å². The normalized spacial score (nSPS) is 11.6. The van der Waals surface area contributed by atoms with Crippen LogP contribution in [0.1, 0.15) is 0 Å². The first-order valence-electron chi connectivity index (χ1n) is 16.2. The largest absolute Gasteiger partial charge is 0.328 e. The molecule has 3 aromatic heterocycles. The van der Waals surface area contributed by atoms with Crippen LogP contribution in [-0.2, 0) is 14.1 Å². The van der Waals surface area contributed by atoms with Gasteiger partial charge < -0.3 is 0 Å². The molecule has 3 heterocycles. The van der Waals surface area contributed by atoms with Gasteiger partial charge in [0, 0.05) is 56.5 Å². The molecule has 0 saturated heterocycles. The van der Waals surface area contributed by atoms with Gasteiger partial charge in [-0.2, -0.15) is 0 Å². The van der Waals surface area contributed by atoms with Crippen LogP contribution >= 0.6 is 11.3 Å². The highest BCUT2D eigenvalue weighted by molar-refractivity contribution is 7.26. The number of aromatic nitrogens is 4. The van der Waals surface area contributed by atoms with Gasteiger partial charge in [-0.3, -0.25) is 9.13 Å². The lowest BCUT2D eigenvalue weighted by Crippen LogP contribution is -2.19. The van der Waals surface area contributed by atoms with Crippen molar-refractivity contribution in [1.29, 1.82) is 0 Å². The third kappa shape index (κ3) is 4.88. The summed E-state index contributed by atoms with van der Waals surface area (Å²) in [5.74, 6) is 0.675. The van der Waals surface area contributed by atoms with Crippen molar-refractivity contribution >= 4 is 42.5 Å². The van der Waals surface area contributed by atoms with Crippen LogP contribution in [0.15, 0.2) is 150 Å². The van der Waals surface area contributed by atoms with Crippen LogP contribution in [0.3, 0.4) is 0 Å². The van der Waals surface area contributed by atoms with E-state index in [4.69, 9.17) is 9.97 Å². The van der Waals surface area contributed by atoms with Crippen molar-refractivity contribution in [2.45, 2.75) is 0 Å². The maximum Gasteiger partial charge on any atom is 0.328 e. The van der Waals surface area contributed by atoms with E-state index in [9.17, 15) is 4.79 Å². The topological polar surface area (TPSA) is 52.7 Å². The minimum Gasteiger partial charge on any atom is -0.295 e. The summed E-state index contributed by atoms with van der Waals surface area (Å²) in [5.41, 5.74) is 10.9. The van der Waals surface area contributed by atoms with E-state index < -0.39 is 0 Å². The molecule has 0 spiro atoms. The van der Waals surface area contributed by atoms with Gasteiger partial charge in [-0.25, -0.2) is 14.8 Å². The molecule has 234 valence electrons. The van der Waals surface area contributed by atoms with Crippen molar-refractivity contribution in [3.8, 4) is 56.2 Å². The molecule has 0 aliphatic rings. The van der Waals surface area contributed by atoms with Gasteiger partial charge in [-0.1, -0.05) is 115 Å². The molecule has 49 heavy (non-hydrogen) atoms. The predicted molar refractivity (Wildman–Crippen MR) is 204 cm³/mol. The van der Waals surface area contributed by atoms with Crippen molar-refractivity contribution < 1.29 is 0 Å². The van der Waals surface area contributed by atoms with Gasteiger partial charge >= 0.3 is 5.69 Å². The zero-order valence-electron chi connectivity index (χ0n) is 27.0. The number of hydrogen-bond donors (Lipinski definition) is 0. The highest BCUT2D eigenvalue weighted by atomic mass is 32.1. The number of fused-ring (bicyclic) bond motifs is 4. The molecule has 0 amide bonds. The Labute approximate surface area is 287 Å². The van der Waals surface area contributed by atoms with Crippen molar-refractivity contribution in [1.82, 2.24) is 19.1 Å². The Hall–Kier alpha value is -6.11. The third-order valence-corrected chi connectivity index (χ3v) is 10.6. The second-order valence-electron chi connectivity index (χ2n) is 12.3.